The zero-order valence-corrected chi connectivity index (χ0v) is 12.3. The molecule has 3 rings (SSSR count). The number of piperidine rings is 2. The van der Waals surface area contributed by atoms with E-state index in [0.29, 0.717) is 17.7 Å². The Kier molecular flexibility index (Phi) is 3.81. The van der Waals surface area contributed by atoms with Crippen molar-refractivity contribution in [2.75, 3.05) is 39.8 Å². The Morgan fingerprint density at radius 1 is 1.26 bits per heavy atom. The second kappa shape index (κ2) is 5.41. The van der Waals surface area contributed by atoms with Gasteiger partial charge in [0.15, 0.2) is 0 Å². The fourth-order valence-corrected chi connectivity index (χ4v) is 4.01. The fraction of sp³-hybridized carbons (Fsp3) is 0.933. The molecule has 3 aliphatic heterocycles. The highest BCUT2D eigenvalue weighted by atomic mass is 16.2. The number of fused-ring (bicyclic) bond motifs is 1. The van der Waals surface area contributed by atoms with E-state index in [4.69, 9.17) is 0 Å². The van der Waals surface area contributed by atoms with Crippen molar-refractivity contribution in [2.24, 2.45) is 17.8 Å². The first-order valence-corrected chi connectivity index (χ1v) is 7.86. The Morgan fingerprint density at radius 3 is 2.74 bits per heavy atom. The minimum atomic E-state index is 0.208. The minimum Gasteiger partial charge on any atom is -0.342 e. The maximum atomic E-state index is 12.6. The number of carbonyl (C=O) groups excluding carboxylic acids is 1. The molecule has 3 fully saturated rings. The van der Waals surface area contributed by atoms with Crippen LogP contribution in [0.3, 0.4) is 0 Å². The van der Waals surface area contributed by atoms with Gasteiger partial charge >= 0.3 is 0 Å². The highest BCUT2D eigenvalue weighted by molar-refractivity contribution is 5.79. The normalized spacial score (nSPS) is 34.5. The van der Waals surface area contributed by atoms with Crippen LogP contribution in [0, 0.1) is 17.8 Å². The summed E-state index contributed by atoms with van der Waals surface area (Å²) >= 11 is 0. The predicted octanol–water partition coefficient (Wildman–Crippen LogP) is 0.785. The van der Waals surface area contributed by atoms with Crippen molar-refractivity contribution < 1.29 is 4.79 Å². The highest BCUT2D eigenvalue weighted by Gasteiger charge is 2.38. The summed E-state index contributed by atoms with van der Waals surface area (Å²) in [5, 5.41) is 3.27. The van der Waals surface area contributed by atoms with Gasteiger partial charge in [-0.2, -0.15) is 0 Å². The average molecular weight is 265 g/mol. The third-order valence-corrected chi connectivity index (χ3v) is 5.57. The van der Waals surface area contributed by atoms with E-state index >= 15 is 0 Å². The zero-order chi connectivity index (χ0) is 13.4. The number of nitrogens with one attached hydrogen (secondary N) is 1. The van der Waals surface area contributed by atoms with Crippen molar-refractivity contribution in [3.8, 4) is 0 Å². The zero-order valence-electron chi connectivity index (χ0n) is 12.3. The predicted molar refractivity (Wildman–Crippen MR) is 75.9 cm³/mol. The Bertz CT molecular complexity index is 342. The largest absolute Gasteiger partial charge is 0.342 e. The summed E-state index contributed by atoms with van der Waals surface area (Å²) in [6.07, 6.45) is 3.77. The lowest BCUT2D eigenvalue weighted by Gasteiger charge is -2.47. The molecule has 4 nitrogen and oxygen atoms in total. The van der Waals surface area contributed by atoms with Crippen molar-refractivity contribution in [3.05, 3.63) is 0 Å². The van der Waals surface area contributed by atoms with E-state index in [1.807, 2.05) is 0 Å². The third-order valence-electron chi connectivity index (χ3n) is 5.57. The molecule has 0 spiro atoms. The van der Waals surface area contributed by atoms with Crippen LogP contribution in [0.5, 0.6) is 0 Å². The van der Waals surface area contributed by atoms with E-state index in [0.717, 1.165) is 32.2 Å². The summed E-state index contributed by atoms with van der Waals surface area (Å²) in [4.78, 5) is 17.2. The first kappa shape index (κ1) is 13.4. The van der Waals surface area contributed by atoms with Gasteiger partial charge in [-0.25, -0.2) is 0 Å². The molecular formula is C15H27N3O. The van der Waals surface area contributed by atoms with Crippen LogP contribution in [0.4, 0.5) is 0 Å². The molecule has 3 atom stereocenters. The number of carbonyl (C=O) groups is 1. The molecule has 0 radical (unpaired) electrons. The summed E-state index contributed by atoms with van der Waals surface area (Å²) in [5.74, 6) is 1.89. The smallest absolute Gasteiger partial charge is 0.225 e. The van der Waals surface area contributed by atoms with Crippen LogP contribution in [0.15, 0.2) is 0 Å². The standard InChI is InChI=1S/C15H27N3O/c1-11(13-8-16-9-13)15(19)18-7-5-14-12(10-18)4-3-6-17(14)2/h11-14,16H,3-10H2,1-2H3. The van der Waals surface area contributed by atoms with Crippen LogP contribution >= 0.6 is 0 Å². The lowest BCUT2D eigenvalue weighted by atomic mass is 9.82. The first-order valence-electron chi connectivity index (χ1n) is 7.86. The topological polar surface area (TPSA) is 35.6 Å². The minimum absolute atomic E-state index is 0.208. The summed E-state index contributed by atoms with van der Waals surface area (Å²) in [6.45, 7) is 7.37. The molecule has 108 valence electrons. The summed E-state index contributed by atoms with van der Waals surface area (Å²) in [5.41, 5.74) is 0. The van der Waals surface area contributed by atoms with Crippen LogP contribution in [-0.2, 0) is 4.79 Å². The molecule has 1 amide bonds. The molecule has 0 aliphatic carbocycles. The van der Waals surface area contributed by atoms with E-state index in [-0.39, 0.29) is 5.92 Å². The van der Waals surface area contributed by atoms with E-state index in [1.165, 1.54) is 25.8 Å². The lowest BCUT2D eigenvalue weighted by Crippen LogP contribution is -2.56. The van der Waals surface area contributed by atoms with Crippen LogP contribution in [0.1, 0.15) is 26.2 Å². The van der Waals surface area contributed by atoms with Crippen molar-refractivity contribution in [3.63, 3.8) is 0 Å². The molecule has 1 N–H and O–H groups in total. The van der Waals surface area contributed by atoms with E-state index in [1.54, 1.807) is 0 Å². The van der Waals surface area contributed by atoms with E-state index < -0.39 is 0 Å². The van der Waals surface area contributed by atoms with Crippen LogP contribution in [0.25, 0.3) is 0 Å². The number of likely N-dealkylation sites (tertiary alicyclic amines) is 2. The second-order valence-electron chi connectivity index (χ2n) is 6.73. The maximum absolute atomic E-state index is 12.6. The Hall–Kier alpha value is -0.610. The van der Waals surface area contributed by atoms with Crippen LogP contribution < -0.4 is 5.32 Å². The van der Waals surface area contributed by atoms with Gasteiger partial charge in [-0.1, -0.05) is 6.92 Å². The fourth-order valence-electron chi connectivity index (χ4n) is 4.01. The summed E-state index contributed by atoms with van der Waals surface area (Å²) < 4.78 is 0. The number of nitrogens with zero attached hydrogens (tertiary/aromatic N) is 2. The Morgan fingerprint density at radius 2 is 2.05 bits per heavy atom. The van der Waals surface area contributed by atoms with Crippen molar-refractivity contribution >= 4 is 5.91 Å². The van der Waals surface area contributed by atoms with Crippen molar-refractivity contribution in [1.29, 1.82) is 0 Å². The van der Waals surface area contributed by atoms with Crippen LogP contribution in [-0.4, -0.2) is 61.5 Å². The molecule has 4 heteroatoms. The average Bonchev–Trinajstić information content (AvgIpc) is 2.35. The van der Waals surface area contributed by atoms with Gasteiger partial charge in [0.2, 0.25) is 5.91 Å². The molecular weight excluding hydrogens is 238 g/mol. The monoisotopic (exact) mass is 265 g/mol. The first-order chi connectivity index (χ1) is 9.16. The van der Waals surface area contributed by atoms with Crippen molar-refractivity contribution in [1.82, 2.24) is 15.1 Å². The number of rotatable bonds is 2. The molecule has 0 bridgehead atoms. The molecule has 0 aromatic carbocycles. The van der Waals surface area contributed by atoms with Gasteiger partial charge in [-0.15, -0.1) is 0 Å². The molecule has 3 aliphatic rings. The van der Waals surface area contributed by atoms with Gasteiger partial charge in [0.05, 0.1) is 0 Å². The second-order valence-corrected chi connectivity index (χ2v) is 6.73. The molecule has 0 aromatic heterocycles. The number of amides is 1. The Labute approximate surface area is 116 Å². The highest BCUT2D eigenvalue weighted by Crippen LogP contribution is 2.31. The number of hydrogen-bond acceptors (Lipinski definition) is 3. The molecule has 3 saturated heterocycles. The van der Waals surface area contributed by atoms with Crippen molar-refractivity contribution in [2.45, 2.75) is 32.2 Å². The van der Waals surface area contributed by atoms with Gasteiger partial charge < -0.3 is 15.1 Å². The van der Waals surface area contributed by atoms with Gasteiger partial charge in [0.25, 0.3) is 0 Å². The third kappa shape index (κ3) is 2.52. The molecule has 0 aromatic rings. The molecule has 3 unspecified atom stereocenters. The van der Waals surface area contributed by atoms with Gasteiger partial charge in [0, 0.05) is 25.0 Å². The summed E-state index contributed by atoms with van der Waals surface area (Å²) in [7, 11) is 2.25. The van der Waals surface area contributed by atoms with E-state index in [9.17, 15) is 4.79 Å². The SMILES string of the molecule is CC(C(=O)N1CCC2C(CCCN2C)C1)C1CNC1. The Balaban J connectivity index is 1.59. The molecule has 0 saturated carbocycles. The van der Waals surface area contributed by atoms with E-state index in [2.05, 4.69) is 29.1 Å². The van der Waals surface area contributed by atoms with Gasteiger partial charge in [0.1, 0.15) is 0 Å². The summed E-state index contributed by atoms with van der Waals surface area (Å²) in [6, 6.07) is 0.721. The number of hydrogen-bond donors (Lipinski definition) is 1. The lowest BCUT2D eigenvalue weighted by molar-refractivity contribution is -0.141. The molecule has 19 heavy (non-hydrogen) atoms. The van der Waals surface area contributed by atoms with Gasteiger partial charge in [-0.3, -0.25) is 4.79 Å². The quantitative estimate of drug-likeness (QED) is 0.801. The maximum Gasteiger partial charge on any atom is 0.225 e. The van der Waals surface area contributed by atoms with Gasteiger partial charge in [-0.05, 0) is 57.8 Å². The molecule has 3 heterocycles. The van der Waals surface area contributed by atoms with Crippen LogP contribution in [0.2, 0.25) is 0 Å².